The first-order valence-corrected chi connectivity index (χ1v) is 7.79. The molecule has 3 N–H and O–H groups in total. The van der Waals surface area contributed by atoms with Gasteiger partial charge in [-0.25, -0.2) is 13.2 Å². The summed E-state index contributed by atoms with van der Waals surface area (Å²) in [6, 6.07) is 0.912. The number of hydrogen-bond donors (Lipinski definition) is 2. The van der Waals surface area contributed by atoms with E-state index >= 15 is 0 Å². The summed E-state index contributed by atoms with van der Waals surface area (Å²) in [6.07, 6.45) is 1.81. The molecule has 0 aliphatic rings. The Bertz CT molecular complexity index is 602. The average molecular weight is 382 g/mol. The molecule has 0 saturated heterocycles. The van der Waals surface area contributed by atoms with E-state index in [2.05, 4.69) is 5.32 Å². The van der Waals surface area contributed by atoms with E-state index in [1.807, 2.05) is 13.8 Å². The molecule has 0 aromatic heterocycles. The van der Waals surface area contributed by atoms with Gasteiger partial charge in [0.15, 0.2) is 17.5 Å². The number of benzene rings is 1. The van der Waals surface area contributed by atoms with Gasteiger partial charge in [0, 0.05) is 6.54 Å². The van der Waals surface area contributed by atoms with Crippen molar-refractivity contribution in [3.8, 4) is 0 Å². The van der Waals surface area contributed by atoms with Gasteiger partial charge in [-0.3, -0.25) is 9.59 Å². The summed E-state index contributed by atoms with van der Waals surface area (Å²) in [5.74, 6) is -5.59. The Balaban J connectivity index is 0.00000576. The molecule has 142 valence electrons. The summed E-state index contributed by atoms with van der Waals surface area (Å²) in [5.41, 5.74) is 5.29. The number of hydrogen-bond acceptors (Lipinski definition) is 3. The topological polar surface area (TPSA) is 75.4 Å². The summed E-state index contributed by atoms with van der Waals surface area (Å²) in [5, 5.41) is 2.14. The van der Waals surface area contributed by atoms with Crippen LogP contribution >= 0.6 is 12.4 Å². The van der Waals surface area contributed by atoms with Crippen molar-refractivity contribution in [1.82, 2.24) is 4.90 Å². The molecule has 1 atom stereocenters. The van der Waals surface area contributed by atoms with Crippen LogP contribution in [-0.2, 0) is 9.59 Å². The van der Waals surface area contributed by atoms with Crippen molar-refractivity contribution in [2.24, 2.45) is 5.73 Å². The Morgan fingerprint density at radius 1 is 1.16 bits per heavy atom. The molecule has 0 fully saturated rings. The Labute approximate surface area is 151 Å². The molecule has 0 heterocycles. The van der Waals surface area contributed by atoms with Crippen LogP contribution in [0.5, 0.6) is 0 Å². The van der Waals surface area contributed by atoms with Gasteiger partial charge in [-0.05, 0) is 25.0 Å². The summed E-state index contributed by atoms with van der Waals surface area (Å²) in [4.78, 5) is 25.5. The van der Waals surface area contributed by atoms with Gasteiger partial charge in [0.1, 0.15) is 0 Å². The lowest BCUT2D eigenvalue weighted by molar-refractivity contribution is -0.136. The number of rotatable bonds is 8. The first-order chi connectivity index (χ1) is 11.3. The van der Waals surface area contributed by atoms with Crippen LogP contribution in [0.15, 0.2) is 12.1 Å². The number of amides is 2. The van der Waals surface area contributed by atoms with E-state index < -0.39 is 35.1 Å². The van der Waals surface area contributed by atoms with Crippen molar-refractivity contribution < 1.29 is 22.8 Å². The second kappa shape index (κ2) is 10.9. The van der Waals surface area contributed by atoms with E-state index in [1.54, 1.807) is 0 Å². The van der Waals surface area contributed by atoms with E-state index in [-0.39, 0.29) is 24.9 Å². The summed E-state index contributed by atoms with van der Waals surface area (Å²) < 4.78 is 39.6. The lowest BCUT2D eigenvalue weighted by Gasteiger charge is -2.24. The minimum Gasteiger partial charge on any atom is -0.332 e. The van der Waals surface area contributed by atoms with Crippen LogP contribution < -0.4 is 11.1 Å². The van der Waals surface area contributed by atoms with Crippen molar-refractivity contribution >= 4 is 29.9 Å². The number of halogens is 4. The molecule has 1 unspecified atom stereocenters. The largest absolute Gasteiger partial charge is 0.332 e. The molecule has 5 nitrogen and oxygen atoms in total. The molecular weight excluding hydrogens is 359 g/mol. The predicted octanol–water partition coefficient (Wildman–Crippen LogP) is 2.83. The van der Waals surface area contributed by atoms with Gasteiger partial charge in [0.25, 0.3) is 0 Å². The Hall–Kier alpha value is -1.80. The number of carbonyl (C=O) groups excluding carboxylic acids is 2. The molecule has 0 bridgehead atoms. The smallest absolute Gasteiger partial charge is 0.244 e. The molecule has 0 aliphatic heterocycles. The third-order valence-corrected chi connectivity index (χ3v) is 3.37. The van der Waals surface area contributed by atoms with Gasteiger partial charge < -0.3 is 16.0 Å². The molecule has 0 spiro atoms. The van der Waals surface area contributed by atoms with Gasteiger partial charge in [-0.2, -0.15) is 0 Å². The predicted molar refractivity (Wildman–Crippen MR) is 91.9 cm³/mol. The number of anilines is 1. The quantitative estimate of drug-likeness (QED) is 0.680. The highest BCUT2D eigenvalue weighted by Gasteiger charge is 2.23. The maximum absolute atomic E-state index is 13.6. The number of nitrogens with two attached hydrogens (primary N) is 1. The summed E-state index contributed by atoms with van der Waals surface area (Å²) >= 11 is 0. The van der Waals surface area contributed by atoms with Crippen molar-refractivity contribution in [2.45, 2.75) is 39.2 Å². The Morgan fingerprint density at radius 3 is 2.36 bits per heavy atom. The minimum absolute atomic E-state index is 0. The SMILES string of the molecule is CCCC(N)C(=O)N(CCC)CC(=O)Nc1ccc(F)c(F)c1F.Cl. The van der Waals surface area contributed by atoms with Gasteiger partial charge in [0.05, 0.1) is 18.3 Å². The van der Waals surface area contributed by atoms with Crippen LogP contribution in [0.1, 0.15) is 33.1 Å². The fourth-order valence-electron chi connectivity index (χ4n) is 2.19. The highest BCUT2D eigenvalue weighted by atomic mass is 35.5. The molecule has 1 aromatic carbocycles. The van der Waals surface area contributed by atoms with E-state index in [1.165, 1.54) is 4.90 Å². The Morgan fingerprint density at radius 2 is 1.80 bits per heavy atom. The molecular formula is C16H23ClF3N3O2. The lowest BCUT2D eigenvalue weighted by atomic mass is 10.1. The first-order valence-electron chi connectivity index (χ1n) is 7.79. The fourth-order valence-corrected chi connectivity index (χ4v) is 2.19. The van der Waals surface area contributed by atoms with Crippen LogP contribution in [0.3, 0.4) is 0 Å². The standard InChI is InChI=1S/C16H22F3N3O2.ClH/c1-3-5-11(20)16(24)22(8-4-2)9-13(23)21-12-7-6-10(17)14(18)15(12)19;/h6-7,11H,3-5,8-9,20H2,1-2H3,(H,21,23);1H. The summed E-state index contributed by atoms with van der Waals surface area (Å²) in [6.45, 7) is 3.68. The van der Waals surface area contributed by atoms with Crippen molar-refractivity contribution in [3.05, 3.63) is 29.6 Å². The number of nitrogens with one attached hydrogen (secondary N) is 1. The van der Waals surface area contributed by atoms with E-state index in [0.29, 0.717) is 25.5 Å². The maximum Gasteiger partial charge on any atom is 0.244 e. The van der Waals surface area contributed by atoms with Gasteiger partial charge in [-0.15, -0.1) is 12.4 Å². The molecule has 9 heteroatoms. The maximum atomic E-state index is 13.6. The second-order valence-electron chi connectivity index (χ2n) is 5.43. The zero-order chi connectivity index (χ0) is 18.3. The molecule has 2 amide bonds. The van der Waals surface area contributed by atoms with E-state index in [0.717, 1.165) is 12.5 Å². The first kappa shape index (κ1) is 23.2. The fraction of sp³-hybridized carbons (Fsp3) is 0.500. The zero-order valence-electron chi connectivity index (χ0n) is 14.2. The van der Waals surface area contributed by atoms with Crippen LogP contribution in [0.2, 0.25) is 0 Å². The van der Waals surface area contributed by atoms with Crippen LogP contribution in [-0.4, -0.2) is 35.8 Å². The van der Waals surface area contributed by atoms with Crippen LogP contribution in [0, 0.1) is 17.5 Å². The Kier molecular flexibility index (Phi) is 10.2. The number of nitrogens with zero attached hydrogens (tertiary/aromatic N) is 1. The molecule has 25 heavy (non-hydrogen) atoms. The van der Waals surface area contributed by atoms with Crippen LogP contribution in [0.4, 0.5) is 18.9 Å². The zero-order valence-corrected chi connectivity index (χ0v) is 15.0. The van der Waals surface area contributed by atoms with E-state index in [4.69, 9.17) is 5.73 Å². The highest BCUT2D eigenvalue weighted by molar-refractivity contribution is 5.95. The van der Waals surface area contributed by atoms with Crippen LogP contribution in [0.25, 0.3) is 0 Å². The third kappa shape index (κ3) is 6.55. The number of carbonyl (C=O) groups is 2. The third-order valence-electron chi connectivity index (χ3n) is 3.37. The van der Waals surface area contributed by atoms with Crippen molar-refractivity contribution in [2.75, 3.05) is 18.4 Å². The monoisotopic (exact) mass is 381 g/mol. The van der Waals surface area contributed by atoms with Crippen molar-refractivity contribution in [1.29, 1.82) is 0 Å². The van der Waals surface area contributed by atoms with Gasteiger partial charge in [-0.1, -0.05) is 20.3 Å². The lowest BCUT2D eigenvalue weighted by Crippen LogP contribution is -2.47. The van der Waals surface area contributed by atoms with E-state index in [9.17, 15) is 22.8 Å². The van der Waals surface area contributed by atoms with Crippen molar-refractivity contribution in [3.63, 3.8) is 0 Å². The molecule has 0 radical (unpaired) electrons. The summed E-state index contributed by atoms with van der Waals surface area (Å²) in [7, 11) is 0. The van der Waals surface area contributed by atoms with Gasteiger partial charge >= 0.3 is 0 Å². The normalized spacial score (nSPS) is 11.4. The molecule has 1 aromatic rings. The highest BCUT2D eigenvalue weighted by Crippen LogP contribution is 2.19. The molecule has 1 rings (SSSR count). The molecule has 0 saturated carbocycles. The van der Waals surface area contributed by atoms with Gasteiger partial charge in [0.2, 0.25) is 11.8 Å². The minimum atomic E-state index is -1.67. The average Bonchev–Trinajstić information content (AvgIpc) is 2.54. The molecule has 0 aliphatic carbocycles. The second-order valence-corrected chi connectivity index (χ2v) is 5.43.